The lowest BCUT2D eigenvalue weighted by Gasteiger charge is -2.21. The van der Waals surface area contributed by atoms with Gasteiger partial charge in [-0.1, -0.05) is 30.7 Å². The van der Waals surface area contributed by atoms with Crippen molar-refractivity contribution in [3.05, 3.63) is 34.9 Å². The molecule has 2 unspecified atom stereocenters. The SMILES string of the molecule is Cc1ccc(C)c(C(N)CN2C(=O)CC(C)C2=O)c1. The number of benzene rings is 1. The molecular formula is C15H20N2O2. The van der Waals surface area contributed by atoms with Gasteiger partial charge in [-0.05, 0) is 25.0 Å². The van der Waals surface area contributed by atoms with E-state index in [2.05, 4.69) is 0 Å². The van der Waals surface area contributed by atoms with Gasteiger partial charge in [0.05, 0.1) is 0 Å². The molecule has 2 N–H and O–H groups in total. The van der Waals surface area contributed by atoms with Crippen molar-refractivity contribution in [1.82, 2.24) is 4.90 Å². The minimum Gasteiger partial charge on any atom is -0.322 e. The van der Waals surface area contributed by atoms with Gasteiger partial charge in [-0.15, -0.1) is 0 Å². The van der Waals surface area contributed by atoms with Gasteiger partial charge in [0.2, 0.25) is 11.8 Å². The molecule has 1 aromatic rings. The number of nitrogens with zero attached hydrogens (tertiary/aromatic N) is 1. The number of nitrogens with two attached hydrogens (primary N) is 1. The van der Waals surface area contributed by atoms with Crippen LogP contribution in [0.15, 0.2) is 18.2 Å². The van der Waals surface area contributed by atoms with Crippen LogP contribution in [0.25, 0.3) is 0 Å². The minimum atomic E-state index is -0.321. The van der Waals surface area contributed by atoms with Crippen molar-refractivity contribution in [2.45, 2.75) is 33.2 Å². The maximum Gasteiger partial charge on any atom is 0.232 e. The number of amides is 2. The maximum atomic E-state index is 11.9. The van der Waals surface area contributed by atoms with E-state index in [1.54, 1.807) is 6.92 Å². The molecule has 4 heteroatoms. The van der Waals surface area contributed by atoms with Crippen LogP contribution in [-0.2, 0) is 9.59 Å². The van der Waals surface area contributed by atoms with Gasteiger partial charge in [-0.2, -0.15) is 0 Å². The molecule has 0 radical (unpaired) electrons. The van der Waals surface area contributed by atoms with E-state index in [0.29, 0.717) is 6.42 Å². The molecule has 1 saturated heterocycles. The molecule has 1 heterocycles. The third-order valence-electron chi connectivity index (χ3n) is 3.68. The molecule has 0 aliphatic carbocycles. The standard InChI is InChI=1S/C15H20N2O2/c1-9-4-5-10(2)12(6-9)13(16)8-17-14(18)7-11(3)15(17)19/h4-6,11,13H,7-8,16H2,1-3H3. The van der Waals surface area contributed by atoms with E-state index in [4.69, 9.17) is 5.73 Å². The van der Waals surface area contributed by atoms with E-state index in [9.17, 15) is 9.59 Å². The highest BCUT2D eigenvalue weighted by molar-refractivity contribution is 6.03. The molecule has 1 aliphatic heterocycles. The summed E-state index contributed by atoms with van der Waals surface area (Å²) in [6, 6.07) is 5.74. The first-order valence-electron chi connectivity index (χ1n) is 6.57. The van der Waals surface area contributed by atoms with Crippen molar-refractivity contribution in [2.75, 3.05) is 6.54 Å². The maximum absolute atomic E-state index is 11.9. The molecular weight excluding hydrogens is 240 g/mol. The molecule has 2 atom stereocenters. The van der Waals surface area contributed by atoms with Crippen LogP contribution in [0.2, 0.25) is 0 Å². The minimum absolute atomic E-state index is 0.106. The van der Waals surface area contributed by atoms with E-state index in [1.807, 2.05) is 32.0 Å². The van der Waals surface area contributed by atoms with Gasteiger partial charge in [0.25, 0.3) is 0 Å². The Labute approximate surface area is 113 Å². The predicted octanol–water partition coefficient (Wildman–Crippen LogP) is 1.70. The van der Waals surface area contributed by atoms with E-state index in [1.165, 1.54) is 4.90 Å². The molecule has 19 heavy (non-hydrogen) atoms. The average Bonchev–Trinajstić information content (AvgIpc) is 2.59. The van der Waals surface area contributed by atoms with Crippen LogP contribution in [0.4, 0.5) is 0 Å². The summed E-state index contributed by atoms with van der Waals surface area (Å²) < 4.78 is 0. The van der Waals surface area contributed by atoms with Crippen LogP contribution in [0.1, 0.15) is 36.1 Å². The Morgan fingerprint density at radius 2 is 2.05 bits per heavy atom. The molecule has 0 aromatic heterocycles. The second-order valence-electron chi connectivity index (χ2n) is 5.41. The summed E-state index contributed by atoms with van der Waals surface area (Å²) in [6.07, 6.45) is 0.304. The summed E-state index contributed by atoms with van der Waals surface area (Å²) >= 11 is 0. The Kier molecular flexibility index (Phi) is 3.71. The normalized spacial score (nSPS) is 21.1. The Bertz CT molecular complexity index is 525. The van der Waals surface area contributed by atoms with Gasteiger partial charge >= 0.3 is 0 Å². The molecule has 102 valence electrons. The fourth-order valence-corrected chi connectivity index (χ4v) is 2.49. The highest BCUT2D eigenvalue weighted by Gasteiger charge is 2.36. The Morgan fingerprint density at radius 1 is 1.37 bits per heavy atom. The monoisotopic (exact) mass is 260 g/mol. The van der Waals surface area contributed by atoms with Crippen molar-refractivity contribution in [3.63, 3.8) is 0 Å². The van der Waals surface area contributed by atoms with Crippen molar-refractivity contribution in [3.8, 4) is 0 Å². The smallest absolute Gasteiger partial charge is 0.232 e. The summed E-state index contributed by atoms with van der Waals surface area (Å²) in [4.78, 5) is 24.9. The van der Waals surface area contributed by atoms with Gasteiger partial charge < -0.3 is 5.73 Å². The van der Waals surface area contributed by atoms with Gasteiger partial charge in [0, 0.05) is 24.9 Å². The summed E-state index contributed by atoms with van der Waals surface area (Å²) in [5.74, 6) is -0.428. The molecule has 2 amide bonds. The fraction of sp³-hybridized carbons (Fsp3) is 0.467. The number of hydrogen-bond acceptors (Lipinski definition) is 3. The van der Waals surface area contributed by atoms with E-state index < -0.39 is 0 Å². The highest BCUT2D eigenvalue weighted by atomic mass is 16.2. The van der Waals surface area contributed by atoms with Crippen LogP contribution >= 0.6 is 0 Å². The molecule has 0 saturated carbocycles. The van der Waals surface area contributed by atoms with E-state index in [-0.39, 0.29) is 30.3 Å². The van der Waals surface area contributed by atoms with Crippen LogP contribution in [-0.4, -0.2) is 23.3 Å². The van der Waals surface area contributed by atoms with E-state index >= 15 is 0 Å². The Balaban J connectivity index is 2.17. The van der Waals surface area contributed by atoms with Gasteiger partial charge in [0.15, 0.2) is 0 Å². The summed E-state index contributed by atoms with van der Waals surface area (Å²) in [6.45, 7) is 6.05. The van der Waals surface area contributed by atoms with Gasteiger partial charge in [-0.3, -0.25) is 14.5 Å². The molecule has 0 spiro atoms. The van der Waals surface area contributed by atoms with Gasteiger partial charge in [-0.25, -0.2) is 0 Å². The predicted molar refractivity (Wildman–Crippen MR) is 73.3 cm³/mol. The first kappa shape index (κ1) is 13.7. The van der Waals surface area contributed by atoms with Crippen LogP contribution < -0.4 is 5.73 Å². The Hall–Kier alpha value is -1.68. The first-order chi connectivity index (χ1) is 8.90. The zero-order valence-electron chi connectivity index (χ0n) is 11.6. The third-order valence-corrected chi connectivity index (χ3v) is 3.68. The quantitative estimate of drug-likeness (QED) is 0.841. The van der Waals surface area contributed by atoms with Crippen molar-refractivity contribution in [2.24, 2.45) is 11.7 Å². The van der Waals surface area contributed by atoms with Crippen LogP contribution in [0.3, 0.4) is 0 Å². The lowest BCUT2D eigenvalue weighted by Crippen LogP contribution is -2.37. The highest BCUT2D eigenvalue weighted by Crippen LogP contribution is 2.23. The topological polar surface area (TPSA) is 63.4 Å². The second kappa shape index (κ2) is 5.13. The van der Waals surface area contributed by atoms with Crippen LogP contribution in [0, 0.1) is 19.8 Å². The summed E-state index contributed by atoms with van der Waals surface area (Å²) in [5, 5.41) is 0. The lowest BCUT2D eigenvalue weighted by atomic mass is 9.99. The summed E-state index contributed by atoms with van der Waals surface area (Å²) in [5.41, 5.74) is 9.38. The largest absolute Gasteiger partial charge is 0.322 e. The molecule has 0 bridgehead atoms. The van der Waals surface area contributed by atoms with Gasteiger partial charge in [0.1, 0.15) is 0 Å². The number of aryl methyl sites for hydroxylation is 2. The van der Waals surface area contributed by atoms with Crippen LogP contribution in [0.5, 0.6) is 0 Å². The number of carbonyl (C=O) groups excluding carboxylic acids is 2. The Morgan fingerprint density at radius 3 is 2.63 bits per heavy atom. The molecule has 4 nitrogen and oxygen atoms in total. The number of rotatable bonds is 3. The number of likely N-dealkylation sites (tertiary alicyclic amines) is 1. The zero-order valence-corrected chi connectivity index (χ0v) is 11.6. The second-order valence-corrected chi connectivity index (χ2v) is 5.41. The van der Waals surface area contributed by atoms with Crippen molar-refractivity contribution >= 4 is 11.8 Å². The molecule has 1 fully saturated rings. The lowest BCUT2D eigenvalue weighted by molar-refractivity contribution is -0.139. The van der Waals surface area contributed by atoms with Crippen molar-refractivity contribution < 1.29 is 9.59 Å². The number of carbonyl (C=O) groups is 2. The van der Waals surface area contributed by atoms with Crippen molar-refractivity contribution in [1.29, 1.82) is 0 Å². The molecule has 1 aromatic carbocycles. The average molecular weight is 260 g/mol. The fourth-order valence-electron chi connectivity index (χ4n) is 2.49. The first-order valence-corrected chi connectivity index (χ1v) is 6.57. The third kappa shape index (κ3) is 2.68. The van der Waals surface area contributed by atoms with E-state index in [0.717, 1.165) is 16.7 Å². The zero-order chi connectivity index (χ0) is 14.2. The molecule has 1 aliphatic rings. The summed E-state index contributed by atoms with van der Waals surface area (Å²) in [7, 11) is 0. The number of hydrogen-bond donors (Lipinski definition) is 1. The molecule has 2 rings (SSSR count). The number of imide groups is 1.